The lowest BCUT2D eigenvalue weighted by Gasteiger charge is -1.99. The molecule has 1 aromatic heterocycles. The van der Waals surface area contributed by atoms with Crippen LogP contribution in [0.3, 0.4) is 0 Å². The Kier molecular flexibility index (Phi) is 3.57. The van der Waals surface area contributed by atoms with Crippen molar-refractivity contribution in [3.8, 4) is 0 Å². The van der Waals surface area contributed by atoms with Crippen LogP contribution in [0.2, 0.25) is 0 Å². The Morgan fingerprint density at radius 1 is 1.28 bits per heavy atom. The number of nitro benzene ring substituents is 1. The van der Waals surface area contributed by atoms with Gasteiger partial charge in [0.05, 0.1) is 16.7 Å². The number of halogens is 1. The lowest BCUT2D eigenvalue weighted by atomic mass is 10.1. The molecule has 2 rings (SSSR count). The number of ketones is 1. The maximum Gasteiger partial charge on any atom is 0.269 e. The Morgan fingerprint density at radius 2 is 1.94 bits per heavy atom. The van der Waals surface area contributed by atoms with Gasteiger partial charge in [-0.3, -0.25) is 14.9 Å². The summed E-state index contributed by atoms with van der Waals surface area (Å²) in [5, 5.41) is 10.5. The molecule has 0 spiro atoms. The van der Waals surface area contributed by atoms with E-state index in [1.807, 2.05) is 0 Å². The van der Waals surface area contributed by atoms with Crippen LogP contribution < -0.4 is 0 Å². The van der Waals surface area contributed by atoms with Gasteiger partial charge in [-0.2, -0.15) is 0 Å². The Morgan fingerprint density at radius 3 is 2.44 bits per heavy atom. The number of nitro groups is 1. The van der Waals surface area contributed by atoms with E-state index in [1.54, 1.807) is 18.2 Å². The third-order valence-corrected chi connectivity index (χ3v) is 3.04. The monoisotopic (exact) mass is 309 g/mol. The van der Waals surface area contributed by atoms with Crippen molar-refractivity contribution in [1.82, 2.24) is 0 Å². The molecule has 0 aliphatic carbocycles. The van der Waals surface area contributed by atoms with E-state index in [-0.39, 0.29) is 17.9 Å². The standard InChI is InChI=1S/C12H8BrNO4/c13-12-10(5-6-18-12)11(15)7-8-1-3-9(4-2-8)14(16)17/h1-6H,7H2. The van der Waals surface area contributed by atoms with E-state index in [2.05, 4.69) is 15.9 Å². The Balaban J connectivity index is 2.13. The van der Waals surface area contributed by atoms with Crippen molar-refractivity contribution >= 4 is 27.4 Å². The summed E-state index contributed by atoms with van der Waals surface area (Å²) in [6, 6.07) is 7.49. The number of Topliss-reactive ketones (excluding diaryl/α,β-unsaturated/α-hetero) is 1. The molecule has 0 saturated heterocycles. The number of carbonyl (C=O) groups is 1. The molecule has 0 N–H and O–H groups in total. The minimum absolute atomic E-state index is 0.00990. The van der Waals surface area contributed by atoms with Crippen molar-refractivity contribution in [3.63, 3.8) is 0 Å². The summed E-state index contributed by atoms with van der Waals surface area (Å²) >= 11 is 3.13. The molecule has 6 heteroatoms. The molecular formula is C12H8BrNO4. The highest BCUT2D eigenvalue weighted by Gasteiger charge is 2.13. The van der Waals surface area contributed by atoms with E-state index in [9.17, 15) is 14.9 Å². The molecular weight excluding hydrogens is 302 g/mol. The van der Waals surface area contributed by atoms with Crippen molar-refractivity contribution in [3.05, 3.63) is 62.5 Å². The molecule has 0 aliphatic heterocycles. The van der Waals surface area contributed by atoms with Gasteiger partial charge in [0.25, 0.3) is 5.69 Å². The minimum Gasteiger partial charge on any atom is -0.457 e. The molecule has 0 aliphatic rings. The van der Waals surface area contributed by atoms with Crippen LogP contribution in [0, 0.1) is 10.1 Å². The van der Waals surface area contributed by atoms with E-state index >= 15 is 0 Å². The molecule has 0 unspecified atom stereocenters. The first kappa shape index (κ1) is 12.5. The van der Waals surface area contributed by atoms with Gasteiger partial charge in [0, 0.05) is 18.6 Å². The Labute approximate surface area is 111 Å². The van der Waals surface area contributed by atoms with Crippen molar-refractivity contribution in [2.24, 2.45) is 0 Å². The summed E-state index contributed by atoms with van der Waals surface area (Å²) in [6.07, 6.45) is 1.60. The highest BCUT2D eigenvalue weighted by Crippen LogP contribution is 2.20. The number of benzene rings is 1. The van der Waals surface area contributed by atoms with Crippen LogP contribution in [0.15, 0.2) is 45.7 Å². The Hall–Kier alpha value is -1.95. The number of rotatable bonds is 4. The smallest absolute Gasteiger partial charge is 0.269 e. The van der Waals surface area contributed by atoms with Crippen molar-refractivity contribution in [2.45, 2.75) is 6.42 Å². The van der Waals surface area contributed by atoms with Gasteiger partial charge in [0.15, 0.2) is 10.5 Å². The first-order valence-corrected chi connectivity index (χ1v) is 5.87. The van der Waals surface area contributed by atoms with Crippen LogP contribution in [-0.4, -0.2) is 10.7 Å². The van der Waals surface area contributed by atoms with E-state index in [1.165, 1.54) is 18.4 Å². The van der Waals surface area contributed by atoms with E-state index < -0.39 is 4.92 Å². The molecule has 2 aromatic rings. The highest BCUT2D eigenvalue weighted by atomic mass is 79.9. The second kappa shape index (κ2) is 5.14. The molecule has 0 atom stereocenters. The van der Waals surface area contributed by atoms with Crippen LogP contribution >= 0.6 is 15.9 Å². The minimum atomic E-state index is -0.474. The fourth-order valence-corrected chi connectivity index (χ4v) is 1.97. The summed E-state index contributed by atoms with van der Waals surface area (Å²) in [4.78, 5) is 21.9. The van der Waals surface area contributed by atoms with Gasteiger partial charge >= 0.3 is 0 Å². The molecule has 0 fully saturated rings. The molecule has 0 amide bonds. The molecule has 0 saturated carbocycles. The number of nitrogens with zero attached hydrogens (tertiary/aromatic N) is 1. The quantitative estimate of drug-likeness (QED) is 0.493. The summed E-state index contributed by atoms with van der Waals surface area (Å²) in [7, 11) is 0. The lowest BCUT2D eigenvalue weighted by Crippen LogP contribution is -2.02. The van der Waals surface area contributed by atoms with Gasteiger partial charge in [0.1, 0.15) is 0 Å². The largest absolute Gasteiger partial charge is 0.457 e. The zero-order chi connectivity index (χ0) is 13.1. The van der Waals surface area contributed by atoms with Crippen LogP contribution in [0.25, 0.3) is 0 Å². The highest BCUT2D eigenvalue weighted by molar-refractivity contribution is 9.10. The Bertz CT molecular complexity index is 588. The first-order chi connectivity index (χ1) is 8.58. The summed E-state index contributed by atoms with van der Waals surface area (Å²) < 4.78 is 5.38. The summed E-state index contributed by atoms with van der Waals surface area (Å²) in [6.45, 7) is 0. The molecule has 0 bridgehead atoms. The lowest BCUT2D eigenvalue weighted by molar-refractivity contribution is -0.384. The maximum atomic E-state index is 11.9. The predicted octanol–water partition coefficient (Wildman–Crippen LogP) is 3.38. The normalized spacial score (nSPS) is 10.3. The fraction of sp³-hybridized carbons (Fsp3) is 0.0833. The van der Waals surface area contributed by atoms with Crippen LogP contribution in [0.5, 0.6) is 0 Å². The van der Waals surface area contributed by atoms with Crippen LogP contribution in [0.4, 0.5) is 5.69 Å². The molecule has 1 heterocycles. The number of furan rings is 1. The average Bonchev–Trinajstić information content (AvgIpc) is 2.76. The number of hydrogen-bond acceptors (Lipinski definition) is 4. The van der Waals surface area contributed by atoms with E-state index in [4.69, 9.17) is 4.42 Å². The van der Waals surface area contributed by atoms with Crippen molar-refractivity contribution in [2.75, 3.05) is 0 Å². The summed E-state index contributed by atoms with van der Waals surface area (Å²) in [5.41, 5.74) is 1.20. The number of carbonyl (C=O) groups excluding carboxylic acids is 1. The van der Waals surface area contributed by atoms with E-state index in [0.29, 0.717) is 10.2 Å². The number of non-ortho nitro benzene ring substituents is 1. The van der Waals surface area contributed by atoms with Gasteiger partial charge in [-0.25, -0.2) is 0 Å². The molecule has 1 aromatic carbocycles. The number of hydrogen-bond donors (Lipinski definition) is 0. The molecule has 92 valence electrons. The second-order valence-electron chi connectivity index (χ2n) is 3.63. The van der Waals surface area contributed by atoms with Gasteiger partial charge in [-0.1, -0.05) is 12.1 Å². The topological polar surface area (TPSA) is 73.3 Å². The molecule has 0 radical (unpaired) electrons. The van der Waals surface area contributed by atoms with Gasteiger partial charge in [-0.05, 0) is 27.6 Å². The predicted molar refractivity (Wildman–Crippen MR) is 67.5 cm³/mol. The van der Waals surface area contributed by atoms with Crippen LogP contribution in [-0.2, 0) is 6.42 Å². The third-order valence-electron chi connectivity index (χ3n) is 2.43. The zero-order valence-corrected chi connectivity index (χ0v) is 10.7. The average molecular weight is 310 g/mol. The maximum absolute atomic E-state index is 11.9. The van der Waals surface area contributed by atoms with Crippen molar-refractivity contribution < 1.29 is 14.1 Å². The summed E-state index contributed by atoms with van der Waals surface area (Å²) in [5.74, 6) is -0.107. The van der Waals surface area contributed by atoms with Crippen LogP contribution in [0.1, 0.15) is 15.9 Å². The van der Waals surface area contributed by atoms with Crippen molar-refractivity contribution in [1.29, 1.82) is 0 Å². The van der Waals surface area contributed by atoms with Gasteiger partial charge < -0.3 is 4.42 Å². The van der Waals surface area contributed by atoms with Gasteiger partial charge in [0.2, 0.25) is 0 Å². The third kappa shape index (κ3) is 2.65. The molecule has 5 nitrogen and oxygen atoms in total. The first-order valence-electron chi connectivity index (χ1n) is 5.07. The molecule has 18 heavy (non-hydrogen) atoms. The van der Waals surface area contributed by atoms with Gasteiger partial charge in [-0.15, -0.1) is 0 Å². The van der Waals surface area contributed by atoms with E-state index in [0.717, 1.165) is 5.56 Å². The fourth-order valence-electron chi connectivity index (χ4n) is 1.51. The zero-order valence-electron chi connectivity index (χ0n) is 9.13. The second-order valence-corrected chi connectivity index (χ2v) is 4.35. The SMILES string of the molecule is O=C(Cc1ccc([N+](=O)[O-])cc1)c1ccoc1Br.